The third kappa shape index (κ3) is 3.63. The largest absolute Gasteiger partial charge is 0.495 e. The summed E-state index contributed by atoms with van der Waals surface area (Å²) in [5, 5.41) is 9.73. The molecule has 1 rings (SSSR count). The van der Waals surface area contributed by atoms with Gasteiger partial charge in [0.2, 0.25) is 0 Å². The van der Waals surface area contributed by atoms with E-state index in [1.165, 1.54) is 0 Å². The van der Waals surface area contributed by atoms with Crippen molar-refractivity contribution >= 4 is 17.6 Å². The van der Waals surface area contributed by atoms with E-state index in [2.05, 4.69) is 13.8 Å². The van der Waals surface area contributed by atoms with Crippen LogP contribution in [-0.2, 0) is 11.2 Å². The molecule has 1 N–H and O–H groups in total. The molecule has 3 nitrogen and oxygen atoms in total. The Morgan fingerprint density at radius 1 is 1.42 bits per heavy atom. The summed E-state index contributed by atoms with van der Waals surface area (Å²) in [4.78, 5) is 11.2. The fourth-order valence-electron chi connectivity index (χ4n) is 2.01. The first-order chi connectivity index (χ1) is 8.69. The van der Waals surface area contributed by atoms with Gasteiger partial charge in [-0.25, -0.2) is 0 Å². The SMILES string of the molecule is COc1c(Cl)cc(CC(C)(C)C(=O)O)cc1C(C)C. The first kappa shape index (κ1) is 15.8. The smallest absolute Gasteiger partial charge is 0.309 e. The number of aliphatic carboxylic acids is 1. The van der Waals surface area contributed by atoms with Crippen LogP contribution in [0, 0.1) is 5.41 Å². The average molecular weight is 285 g/mol. The molecule has 19 heavy (non-hydrogen) atoms. The number of methoxy groups -OCH3 is 1. The summed E-state index contributed by atoms with van der Waals surface area (Å²) in [5.41, 5.74) is 1.11. The summed E-state index contributed by atoms with van der Waals surface area (Å²) >= 11 is 6.21. The van der Waals surface area contributed by atoms with Crippen molar-refractivity contribution in [3.8, 4) is 5.75 Å². The highest BCUT2D eigenvalue weighted by atomic mass is 35.5. The molecule has 1 aromatic rings. The van der Waals surface area contributed by atoms with E-state index >= 15 is 0 Å². The third-order valence-corrected chi connectivity index (χ3v) is 3.46. The minimum absolute atomic E-state index is 0.264. The second kappa shape index (κ2) is 5.83. The molecular weight excluding hydrogens is 264 g/mol. The molecule has 0 saturated carbocycles. The van der Waals surface area contributed by atoms with Crippen LogP contribution in [0.25, 0.3) is 0 Å². The lowest BCUT2D eigenvalue weighted by Crippen LogP contribution is -2.26. The minimum Gasteiger partial charge on any atom is -0.495 e. The van der Waals surface area contributed by atoms with Gasteiger partial charge in [-0.2, -0.15) is 0 Å². The lowest BCUT2D eigenvalue weighted by Gasteiger charge is -2.21. The Bertz CT molecular complexity index is 479. The number of hydrogen-bond acceptors (Lipinski definition) is 2. The van der Waals surface area contributed by atoms with Gasteiger partial charge in [-0.15, -0.1) is 0 Å². The van der Waals surface area contributed by atoms with Gasteiger partial charge < -0.3 is 9.84 Å². The molecule has 106 valence electrons. The molecule has 0 aliphatic carbocycles. The van der Waals surface area contributed by atoms with E-state index in [9.17, 15) is 9.90 Å². The zero-order chi connectivity index (χ0) is 14.8. The second-order valence-electron chi connectivity index (χ2n) is 5.72. The quantitative estimate of drug-likeness (QED) is 0.884. The first-order valence-electron chi connectivity index (χ1n) is 6.28. The normalized spacial score (nSPS) is 11.7. The van der Waals surface area contributed by atoms with E-state index in [-0.39, 0.29) is 5.92 Å². The number of carbonyl (C=O) groups is 1. The van der Waals surface area contributed by atoms with Crippen molar-refractivity contribution in [3.63, 3.8) is 0 Å². The molecule has 0 aliphatic heterocycles. The van der Waals surface area contributed by atoms with Gasteiger partial charge in [0.25, 0.3) is 0 Å². The van der Waals surface area contributed by atoms with Gasteiger partial charge in [-0.1, -0.05) is 31.5 Å². The maximum absolute atomic E-state index is 11.2. The number of carboxylic acids is 1. The molecule has 0 atom stereocenters. The van der Waals surface area contributed by atoms with Crippen LogP contribution in [0.4, 0.5) is 0 Å². The highest BCUT2D eigenvalue weighted by molar-refractivity contribution is 6.32. The molecule has 0 bridgehead atoms. The number of hydrogen-bond donors (Lipinski definition) is 1. The van der Waals surface area contributed by atoms with E-state index in [1.807, 2.05) is 6.07 Å². The molecule has 0 spiro atoms. The van der Waals surface area contributed by atoms with Crippen LogP contribution >= 0.6 is 11.6 Å². The van der Waals surface area contributed by atoms with E-state index in [0.717, 1.165) is 11.1 Å². The number of benzene rings is 1. The zero-order valence-electron chi connectivity index (χ0n) is 12.1. The Morgan fingerprint density at radius 3 is 2.42 bits per heavy atom. The highest BCUT2D eigenvalue weighted by Gasteiger charge is 2.28. The molecule has 0 radical (unpaired) electrons. The number of halogens is 1. The van der Waals surface area contributed by atoms with Gasteiger partial charge in [0.05, 0.1) is 17.5 Å². The van der Waals surface area contributed by atoms with Gasteiger partial charge in [-0.05, 0) is 43.4 Å². The van der Waals surface area contributed by atoms with E-state index in [4.69, 9.17) is 16.3 Å². The monoisotopic (exact) mass is 284 g/mol. The van der Waals surface area contributed by atoms with Crippen molar-refractivity contribution < 1.29 is 14.6 Å². The van der Waals surface area contributed by atoms with Crippen molar-refractivity contribution in [2.45, 2.75) is 40.0 Å². The Hall–Kier alpha value is -1.22. The van der Waals surface area contributed by atoms with Gasteiger partial charge in [-0.3, -0.25) is 4.79 Å². The van der Waals surface area contributed by atoms with E-state index in [0.29, 0.717) is 17.2 Å². The number of rotatable bonds is 5. The molecule has 0 fully saturated rings. The van der Waals surface area contributed by atoms with E-state index in [1.54, 1.807) is 27.0 Å². The Kier molecular flexibility index (Phi) is 4.86. The van der Waals surface area contributed by atoms with Crippen molar-refractivity contribution in [1.29, 1.82) is 0 Å². The lowest BCUT2D eigenvalue weighted by atomic mass is 9.84. The molecule has 1 aromatic carbocycles. The van der Waals surface area contributed by atoms with Crippen molar-refractivity contribution in [1.82, 2.24) is 0 Å². The summed E-state index contributed by atoms with van der Waals surface area (Å²) in [6, 6.07) is 3.77. The zero-order valence-corrected chi connectivity index (χ0v) is 12.8. The van der Waals surface area contributed by atoms with Crippen LogP contribution in [0.1, 0.15) is 44.7 Å². The predicted molar refractivity (Wildman–Crippen MR) is 77.2 cm³/mol. The Balaban J connectivity index is 3.21. The lowest BCUT2D eigenvalue weighted by molar-refractivity contribution is -0.146. The summed E-state index contributed by atoms with van der Waals surface area (Å²) < 4.78 is 5.32. The number of carboxylic acid groups (broad SMARTS) is 1. The standard InChI is InChI=1S/C15H21ClO3/c1-9(2)11-6-10(7-12(16)13(11)19-5)8-15(3,4)14(17)18/h6-7,9H,8H2,1-5H3,(H,17,18). The molecule has 0 heterocycles. The second-order valence-corrected chi connectivity index (χ2v) is 6.13. The maximum Gasteiger partial charge on any atom is 0.309 e. The summed E-state index contributed by atoms with van der Waals surface area (Å²) in [6.07, 6.45) is 0.436. The molecule has 0 aromatic heterocycles. The molecular formula is C15H21ClO3. The topological polar surface area (TPSA) is 46.5 Å². The molecule has 0 aliphatic rings. The molecule has 0 saturated heterocycles. The van der Waals surface area contributed by atoms with Crippen molar-refractivity contribution in [2.24, 2.45) is 5.41 Å². The summed E-state index contributed by atoms with van der Waals surface area (Å²) in [6.45, 7) is 7.53. The number of ether oxygens (including phenoxy) is 1. The fourth-order valence-corrected chi connectivity index (χ4v) is 2.33. The minimum atomic E-state index is -0.814. The van der Waals surface area contributed by atoms with Crippen molar-refractivity contribution in [2.75, 3.05) is 7.11 Å². The van der Waals surface area contributed by atoms with Crippen LogP contribution in [-0.4, -0.2) is 18.2 Å². The predicted octanol–water partition coefficient (Wildman–Crippen LogP) is 4.13. The summed E-state index contributed by atoms with van der Waals surface area (Å²) in [7, 11) is 1.59. The fraction of sp³-hybridized carbons (Fsp3) is 0.533. The Labute approximate surface area is 119 Å². The van der Waals surface area contributed by atoms with Gasteiger partial charge in [0, 0.05) is 0 Å². The molecule has 0 unspecified atom stereocenters. The van der Waals surface area contributed by atoms with Crippen LogP contribution in [0.3, 0.4) is 0 Å². The van der Waals surface area contributed by atoms with Crippen LogP contribution in [0.5, 0.6) is 5.75 Å². The average Bonchev–Trinajstić information content (AvgIpc) is 2.27. The van der Waals surface area contributed by atoms with Gasteiger partial charge in [0.1, 0.15) is 5.75 Å². The third-order valence-electron chi connectivity index (χ3n) is 3.18. The van der Waals surface area contributed by atoms with Crippen LogP contribution in [0.2, 0.25) is 5.02 Å². The molecule has 4 heteroatoms. The van der Waals surface area contributed by atoms with Gasteiger partial charge >= 0.3 is 5.97 Å². The van der Waals surface area contributed by atoms with E-state index < -0.39 is 11.4 Å². The van der Waals surface area contributed by atoms with Crippen LogP contribution in [0.15, 0.2) is 12.1 Å². The maximum atomic E-state index is 11.2. The Morgan fingerprint density at radius 2 is 2.00 bits per heavy atom. The highest BCUT2D eigenvalue weighted by Crippen LogP contribution is 2.36. The van der Waals surface area contributed by atoms with Crippen LogP contribution < -0.4 is 4.74 Å². The summed E-state index contributed by atoms with van der Waals surface area (Å²) in [5.74, 6) is 0.124. The first-order valence-corrected chi connectivity index (χ1v) is 6.66. The van der Waals surface area contributed by atoms with Crippen molar-refractivity contribution in [3.05, 3.63) is 28.3 Å². The van der Waals surface area contributed by atoms with Gasteiger partial charge in [0.15, 0.2) is 0 Å². The molecule has 0 amide bonds.